The molecule has 0 heterocycles. The molecule has 20 heavy (non-hydrogen) atoms. The second-order valence-corrected chi connectivity index (χ2v) is 5.93. The molecule has 0 N–H and O–H groups in total. The number of aryl methyl sites for hydroxylation is 3. The Morgan fingerprint density at radius 1 is 0.950 bits per heavy atom. The van der Waals surface area contributed by atoms with Crippen molar-refractivity contribution in [1.82, 2.24) is 0 Å². The molecule has 0 amide bonds. The topological polar surface area (TPSA) is 9.23 Å². The summed E-state index contributed by atoms with van der Waals surface area (Å²) in [6.45, 7) is 11.4. The summed E-state index contributed by atoms with van der Waals surface area (Å²) in [5.74, 6) is 1.52. The minimum Gasteiger partial charge on any atom is -0.488 e. The van der Waals surface area contributed by atoms with Gasteiger partial charge in [-0.25, -0.2) is 0 Å². The van der Waals surface area contributed by atoms with E-state index in [9.17, 15) is 0 Å². The minimum absolute atomic E-state index is 0.473. The monoisotopic (exact) mass is 268 g/mol. The third-order valence-corrected chi connectivity index (χ3v) is 3.54. The molecule has 0 unspecified atom stereocenters. The Bertz CT molecular complexity index is 597. The van der Waals surface area contributed by atoms with Crippen molar-refractivity contribution in [3.05, 3.63) is 64.2 Å². The third kappa shape index (κ3) is 3.41. The van der Waals surface area contributed by atoms with Gasteiger partial charge in [0.25, 0.3) is 0 Å². The summed E-state index contributed by atoms with van der Waals surface area (Å²) >= 11 is 0. The highest BCUT2D eigenvalue weighted by atomic mass is 16.5. The van der Waals surface area contributed by atoms with E-state index in [1.54, 1.807) is 0 Å². The maximum Gasteiger partial charge on any atom is 0.126 e. The van der Waals surface area contributed by atoms with Crippen molar-refractivity contribution in [2.45, 2.75) is 47.1 Å². The van der Waals surface area contributed by atoms with E-state index in [-0.39, 0.29) is 0 Å². The van der Waals surface area contributed by atoms with Crippen molar-refractivity contribution in [3.8, 4) is 5.75 Å². The summed E-state index contributed by atoms with van der Waals surface area (Å²) in [6.07, 6.45) is 0. The van der Waals surface area contributed by atoms with Gasteiger partial charge in [0.2, 0.25) is 0 Å². The van der Waals surface area contributed by atoms with Crippen LogP contribution >= 0.6 is 0 Å². The fraction of sp³-hybridized carbons (Fsp3) is 0.368. The molecule has 0 aromatic heterocycles. The second-order valence-electron chi connectivity index (χ2n) is 5.93. The maximum absolute atomic E-state index is 6.13. The van der Waals surface area contributed by atoms with E-state index in [0.717, 1.165) is 5.75 Å². The second kappa shape index (κ2) is 6.13. The molecule has 0 aliphatic carbocycles. The van der Waals surface area contributed by atoms with E-state index in [1.807, 2.05) is 0 Å². The zero-order chi connectivity index (χ0) is 14.7. The molecule has 2 rings (SSSR count). The van der Waals surface area contributed by atoms with Gasteiger partial charge in [-0.05, 0) is 43.4 Å². The van der Waals surface area contributed by atoms with Gasteiger partial charge in [-0.3, -0.25) is 0 Å². The van der Waals surface area contributed by atoms with Crippen LogP contribution in [0.1, 0.15) is 47.6 Å². The van der Waals surface area contributed by atoms with E-state index >= 15 is 0 Å². The van der Waals surface area contributed by atoms with Crippen LogP contribution < -0.4 is 4.74 Å². The van der Waals surface area contributed by atoms with E-state index in [0.29, 0.717) is 12.5 Å². The molecule has 0 aliphatic rings. The average molecular weight is 268 g/mol. The van der Waals surface area contributed by atoms with Crippen LogP contribution in [0.15, 0.2) is 36.4 Å². The molecule has 0 saturated carbocycles. The Labute approximate surface area is 122 Å². The van der Waals surface area contributed by atoms with Crippen molar-refractivity contribution in [3.63, 3.8) is 0 Å². The van der Waals surface area contributed by atoms with Gasteiger partial charge < -0.3 is 4.74 Å². The molecule has 0 saturated heterocycles. The Morgan fingerprint density at radius 3 is 2.35 bits per heavy atom. The van der Waals surface area contributed by atoms with Gasteiger partial charge in [0.1, 0.15) is 12.4 Å². The molecule has 0 spiro atoms. The quantitative estimate of drug-likeness (QED) is 0.729. The van der Waals surface area contributed by atoms with Crippen molar-refractivity contribution < 1.29 is 4.74 Å². The Morgan fingerprint density at radius 2 is 1.70 bits per heavy atom. The van der Waals surface area contributed by atoms with Crippen molar-refractivity contribution in [2.75, 3.05) is 0 Å². The van der Waals surface area contributed by atoms with Gasteiger partial charge in [0.05, 0.1) is 0 Å². The highest BCUT2D eigenvalue weighted by Gasteiger charge is 2.12. The first-order chi connectivity index (χ1) is 9.47. The molecular weight excluding hydrogens is 244 g/mol. The first-order valence-corrected chi connectivity index (χ1v) is 7.27. The molecule has 0 atom stereocenters. The van der Waals surface area contributed by atoms with Crippen LogP contribution in [-0.4, -0.2) is 0 Å². The summed E-state index contributed by atoms with van der Waals surface area (Å²) in [7, 11) is 0. The highest BCUT2D eigenvalue weighted by molar-refractivity contribution is 5.45. The Balaban J connectivity index is 2.25. The molecule has 2 aromatic carbocycles. The molecular formula is C19H24O. The van der Waals surface area contributed by atoms with Gasteiger partial charge in [-0.15, -0.1) is 0 Å². The lowest BCUT2D eigenvalue weighted by atomic mass is 9.97. The van der Waals surface area contributed by atoms with Gasteiger partial charge >= 0.3 is 0 Å². The molecule has 1 nitrogen and oxygen atoms in total. The molecule has 1 heteroatoms. The van der Waals surface area contributed by atoms with Gasteiger partial charge in [-0.2, -0.15) is 0 Å². The van der Waals surface area contributed by atoms with Crippen LogP contribution in [0.25, 0.3) is 0 Å². The minimum atomic E-state index is 0.473. The number of benzene rings is 2. The molecule has 2 aromatic rings. The van der Waals surface area contributed by atoms with Crippen LogP contribution in [0.4, 0.5) is 0 Å². The normalized spacial score (nSPS) is 10.9. The molecule has 0 radical (unpaired) electrons. The van der Waals surface area contributed by atoms with Crippen LogP contribution in [0.2, 0.25) is 0 Å². The summed E-state index contributed by atoms with van der Waals surface area (Å²) in [6, 6.07) is 12.9. The first-order valence-electron chi connectivity index (χ1n) is 7.27. The smallest absolute Gasteiger partial charge is 0.126 e. The largest absolute Gasteiger partial charge is 0.488 e. The van der Waals surface area contributed by atoms with Crippen LogP contribution in [0.5, 0.6) is 5.75 Å². The average Bonchev–Trinajstić information content (AvgIpc) is 2.36. The number of hydrogen-bond donors (Lipinski definition) is 0. The van der Waals surface area contributed by atoms with Crippen LogP contribution in [-0.2, 0) is 6.61 Å². The SMILES string of the molecule is Cc1cccc(COc2c(C)cc(C)cc2C(C)C)c1. The number of ether oxygens (including phenoxy) is 1. The lowest BCUT2D eigenvalue weighted by Gasteiger charge is -2.18. The zero-order valence-electron chi connectivity index (χ0n) is 13.2. The van der Waals surface area contributed by atoms with Crippen LogP contribution in [0, 0.1) is 20.8 Å². The molecule has 0 bridgehead atoms. The fourth-order valence-electron chi connectivity index (χ4n) is 2.57. The number of hydrogen-bond acceptors (Lipinski definition) is 1. The van der Waals surface area contributed by atoms with Gasteiger partial charge in [0, 0.05) is 0 Å². The summed E-state index contributed by atoms with van der Waals surface area (Å²) in [4.78, 5) is 0. The van der Waals surface area contributed by atoms with Crippen molar-refractivity contribution >= 4 is 0 Å². The summed E-state index contributed by atoms with van der Waals surface area (Å²) in [5, 5.41) is 0. The summed E-state index contributed by atoms with van der Waals surface area (Å²) in [5.41, 5.74) is 6.32. The molecule has 106 valence electrons. The van der Waals surface area contributed by atoms with E-state index in [2.05, 4.69) is 71.0 Å². The lowest BCUT2D eigenvalue weighted by Crippen LogP contribution is -2.02. The predicted octanol–water partition coefficient (Wildman–Crippen LogP) is 5.31. The Hall–Kier alpha value is -1.76. The van der Waals surface area contributed by atoms with E-state index in [1.165, 1.54) is 27.8 Å². The zero-order valence-corrected chi connectivity index (χ0v) is 13.2. The summed E-state index contributed by atoms with van der Waals surface area (Å²) < 4.78 is 6.13. The lowest BCUT2D eigenvalue weighted by molar-refractivity contribution is 0.299. The number of rotatable bonds is 4. The Kier molecular flexibility index (Phi) is 4.49. The predicted molar refractivity (Wildman–Crippen MR) is 85.5 cm³/mol. The van der Waals surface area contributed by atoms with Crippen LogP contribution in [0.3, 0.4) is 0 Å². The molecule has 0 fully saturated rings. The van der Waals surface area contributed by atoms with Crippen molar-refractivity contribution in [1.29, 1.82) is 0 Å². The first kappa shape index (κ1) is 14.6. The van der Waals surface area contributed by atoms with Gasteiger partial charge in [0.15, 0.2) is 0 Å². The standard InChI is InChI=1S/C19H24O/c1-13(2)18-11-15(4)9-16(5)19(18)20-12-17-8-6-7-14(3)10-17/h6-11,13H,12H2,1-5H3. The van der Waals surface area contributed by atoms with Crippen molar-refractivity contribution in [2.24, 2.45) is 0 Å². The molecule has 0 aliphatic heterocycles. The van der Waals surface area contributed by atoms with E-state index < -0.39 is 0 Å². The maximum atomic E-state index is 6.13. The third-order valence-electron chi connectivity index (χ3n) is 3.54. The highest BCUT2D eigenvalue weighted by Crippen LogP contribution is 2.31. The fourth-order valence-corrected chi connectivity index (χ4v) is 2.57. The van der Waals surface area contributed by atoms with Gasteiger partial charge in [-0.1, -0.05) is 61.4 Å². The van der Waals surface area contributed by atoms with E-state index in [4.69, 9.17) is 4.74 Å².